The fourth-order valence-electron chi connectivity index (χ4n) is 3.77. The van der Waals surface area contributed by atoms with E-state index in [0.717, 1.165) is 22.7 Å². The number of benzene rings is 1. The Bertz CT molecular complexity index is 1270. The number of carbonyl (C=O) groups is 1. The van der Waals surface area contributed by atoms with Gasteiger partial charge in [-0.1, -0.05) is 12.1 Å². The molecule has 0 aliphatic carbocycles. The molecular weight excluding hydrogens is 406 g/mol. The molecule has 0 radical (unpaired) electrons. The third kappa shape index (κ3) is 3.75. The Morgan fingerprint density at radius 3 is 2.75 bits per heavy atom. The van der Waals surface area contributed by atoms with Crippen LogP contribution < -0.4 is 9.47 Å². The Morgan fingerprint density at radius 2 is 1.94 bits per heavy atom. The molecule has 4 heterocycles. The van der Waals surface area contributed by atoms with Crippen LogP contribution in [-0.2, 0) is 6.54 Å². The topological polar surface area (TPSA) is 82.4 Å². The van der Waals surface area contributed by atoms with Gasteiger partial charge in [0.25, 0.3) is 5.91 Å². The molecule has 0 saturated heterocycles. The van der Waals surface area contributed by atoms with Crippen LogP contribution in [0.4, 0.5) is 0 Å². The fourth-order valence-corrected chi connectivity index (χ4v) is 3.77. The first-order valence-corrected chi connectivity index (χ1v) is 10.5. The van der Waals surface area contributed by atoms with Crippen LogP contribution in [0.2, 0.25) is 0 Å². The van der Waals surface area contributed by atoms with Crippen molar-refractivity contribution >= 4 is 17.1 Å². The zero-order chi connectivity index (χ0) is 22.1. The van der Waals surface area contributed by atoms with Crippen molar-refractivity contribution in [2.24, 2.45) is 0 Å². The van der Waals surface area contributed by atoms with Gasteiger partial charge in [0, 0.05) is 19.4 Å². The number of aromatic nitrogens is 4. The number of ether oxygens (including phenoxy) is 2. The lowest BCUT2D eigenvalue weighted by atomic mass is 10.1. The number of rotatable bonds is 5. The number of nitrogens with zero attached hydrogens (tertiary/aromatic N) is 5. The van der Waals surface area contributed by atoms with Crippen molar-refractivity contribution in [3.05, 3.63) is 78.0 Å². The molecule has 32 heavy (non-hydrogen) atoms. The SMILES string of the molecule is CC(c1ccc2c(c1)OCCO2)N(C)C(=O)c1cnc2c(c1)ncn2Cc1ccccn1. The third-order valence-corrected chi connectivity index (χ3v) is 5.71. The molecule has 5 rings (SSSR count). The van der Waals surface area contributed by atoms with E-state index in [4.69, 9.17) is 9.47 Å². The van der Waals surface area contributed by atoms with E-state index in [9.17, 15) is 4.79 Å². The van der Waals surface area contributed by atoms with Crippen molar-refractivity contribution in [2.45, 2.75) is 19.5 Å². The van der Waals surface area contributed by atoms with Gasteiger partial charge in [-0.3, -0.25) is 9.78 Å². The number of hydrogen-bond acceptors (Lipinski definition) is 6. The molecule has 0 fully saturated rings. The van der Waals surface area contributed by atoms with E-state index < -0.39 is 0 Å². The quantitative estimate of drug-likeness (QED) is 0.483. The zero-order valence-electron chi connectivity index (χ0n) is 17.9. The van der Waals surface area contributed by atoms with Crippen molar-refractivity contribution in [3.8, 4) is 11.5 Å². The predicted molar refractivity (Wildman–Crippen MR) is 119 cm³/mol. The Kier molecular flexibility index (Phi) is 5.18. The normalized spacial score (nSPS) is 13.7. The molecule has 1 atom stereocenters. The number of fused-ring (bicyclic) bond motifs is 2. The standard InChI is InChI=1S/C24H23N5O3/c1-16(17-6-7-21-22(12-17)32-10-9-31-21)28(2)24(30)18-11-20-23(26-13-18)29(15-27-20)14-19-5-3-4-8-25-19/h3-8,11-13,15-16H,9-10,14H2,1-2H3. The molecule has 0 spiro atoms. The smallest absolute Gasteiger partial charge is 0.255 e. The first kappa shape index (κ1) is 20.0. The third-order valence-electron chi connectivity index (χ3n) is 5.71. The van der Waals surface area contributed by atoms with Crippen LogP contribution in [0.5, 0.6) is 11.5 Å². The first-order valence-electron chi connectivity index (χ1n) is 10.5. The Balaban J connectivity index is 1.36. The summed E-state index contributed by atoms with van der Waals surface area (Å²) >= 11 is 0. The van der Waals surface area contributed by atoms with E-state index in [2.05, 4.69) is 15.0 Å². The summed E-state index contributed by atoms with van der Waals surface area (Å²) in [6, 6.07) is 13.2. The van der Waals surface area contributed by atoms with Crippen molar-refractivity contribution < 1.29 is 14.3 Å². The minimum Gasteiger partial charge on any atom is -0.486 e. The van der Waals surface area contributed by atoms with E-state index >= 15 is 0 Å². The maximum Gasteiger partial charge on any atom is 0.255 e. The van der Waals surface area contributed by atoms with Crippen molar-refractivity contribution in [3.63, 3.8) is 0 Å². The molecule has 1 unspecified atom stereocenters. The van der Waals surface area contributed by atoms with E-state index in [1.807, 2.05) is 47.9 Å². The second kappa shape index (κ2) is 8.30. The van der Waals surface area contributed by atoms with Gasteiger partial charge >= 0.3 is 0 Å². The van der Waals surface area contributed by atoms with Crippen LogP contribution in [0, 0.1) is 0 Å². The van der Waals surface area contributed by atoms with E-state index in [-0.39, 0.29) is 11.9 Å². The number of hydrogen-bond donors (Lipinski definition) is 0. The van der Waals surface area contributed by atoms with Crippen LogP contribution in [0.3, 0.4) is 0 Å². The average Bonchev–Trinajstić information content (AvgIpc) is 3.24. The number of amides is 1. The fraction of sp³-hybridized carbons (Fsp3) is 0.250. The highest BCUT2D eigenvalue weighted by molar-refractivity contribution is 5.96. The Labute approximate surface area is 185 Å². The van der Waals surface area contributed by atoms with Crippen molar-refractivity contribution in [2.75, 3.05) is 20.3 Å². The lowest BCUT2D eigenvalue weighted by Crippen LogP contribution is -2.30. The molecule has 1 aliphatic heterocycles. The van der Waals surface area contributed by atoms with Gasteiger partial charge in [-0.05, 0) is 42.8 Å². The van der Waals surface area contributed by atoms with Crippen LogP contribution >= 0.6 is 0 Å². The second-order valence-corrected chi connectivity index (χ2v) is 7.76. The second-order valence-electron chi connectivity index (χ2n) is 7.76. The average molecular weight is 429 g/mol. The van der Waals surface area contributed by atoms with E-state index in [0.29, 0.717) is 36.6 Å². The summed E-state index contributed by atoms with van der Waals surface area (Å²) in [5.41, 5.74) is 3.77. The lowest BCUT2D eigenvalue weighted by Gasteiger charge is -2.27. The number of carbonyl (C=O) groups excluding carboxylic acids is 1. The molecule has 0 N–H and O–H groups in total. The van der Waals surface area contributed by atoms with Gasteiger partial charge < -0.3 is 18.9 Å². The highest BCUT2D eigenvalue weighted by Gasteiger charge is 2.22. The molecule has 3 aromatic heterocycles. The molecule has 1 aliphatic rings. The minimum absolute atomic E-state index is 0.124. The van der Waals surface area contributed by atoms with Gasteiger partial charge in [0.2, 0.25) is 0 Å². The van der Waals surface area contributed by atoms with Gasteiger partial charge in [-0.2, -0.15) is 0 Å². The summed E-state index contributed by atoms with van der Waals surface area (Å²) < 4.78 is 13.2. The summed E-state index contributed by atoms with van der Waals surface area (Å²) in [7, 11) is 1.79. The molecule has 0 bridgehead atoms. The van der Waals surface area contributed by atoms with E-state index in [1.54, 1.807) is 36.7 Å². The monoisotopic (exact) mass is 429 g/mol. The maximum absolute atomic E-state index is 13.2. The molecule has 1 amide bonds. The Morgan fingerprint density at radius 1 is 1.09 bits per heavy atom. The molecular formula is C24H23N5O3. The minimum atomic E-state index is -0.157. The summed E-state index contributed by atoms with van der Waals surface area (Å²) in [6.07, 6.45) is 5.09. The molecule has 4 aromatic rings. The van der Waals surface area contributed by atoms with Gasteiger partial charge in [-0.15, -0.1) is 0 Å². The number of pyridine rings is 2. The van der Waals surface area contributed by atoms with Gasteiger partial charge in [-0.25, -0.2) is 9.97 Å². The predicted octanol–water partition coefficient (Wildman–Crippen LogP) is 3.48. The Hall–Kier alpha value is -3.94. The first-order chi connectivity index (χ1) is 15.6. The molecule has 0 saturated carbocycles. The summed E-state index contributed by atoms with van der Waals surface area (Å²) in [5.74, 6) is 1.32. The van der Waals surface area contributed by atoms with Crippen LogP contribution in [-0.4, -0.2) is 50.6 Å². The van der Waals surface area contributed by atoms with Gasteiger partial charge in [0.05, 0.1) is 30.2 Å². The largest absolute Gasteiger partial charge is 0.486 e. The molecule has 8 heteroatoms. The zero-order valence-corrected chi connectivity index (χ0v) is 17.9. The lowest BCUT2D eigenvalue weighted by molar-refractivity contribution is 0.0742. The molecule has 8 nitrogen and oxygen atoms in total. The van der Waals surface area contributed by atoms with Crippen LogP contribution in [0.25, 0.3) is 11.2 Å². The van der Waals surface area contributed by atoms with Crippen molar-refractivity contribution in [1.29, 1.82) is 0 Å². The van der Waals surface area contributed by atoms with Crippen molar-refractivity contribution in [1.82, 2.24) is 24.4 Å². The highest BCUT2D eigenvalue weighted by Crippen LogP contribution is 2.34. The van der Waals surface area contributed by atoms with Gasteiger partial charge in [0.1, 0.15) is 18.7 Å². The van der Waals surface area contributed by atoms with Crippen LogP contribution in [0.1, 0.15) is 34.6 Å². The molecule has 162 valence electrons. The maximum atomic E-state index is 13.2. The van der Waals surface area contributed by atoms with Crippen LogP contribution in [0.15, 0.2) is 61.2 Å². The summed E-state index contributed by atoms with van der Waals surface area (Å²) in [4.78, 5) is 28.2. The van der Waals surface area contributed by atoms with E-state index in [1.165, 1.54) is 0 Å². The highest BCUT2D eigenvalue weighted by atomic mass is 16.6. The molecule has 1 aromatic carbocycles. The number of imidazole rings is 1. The summed E-state index contributed by atoms with van der Waals surface area (Å²) in [6.45, 7) is 3.63. The van der Waals surface area contributed by atoms with Gasteiger partial charge in [0.15, 0.2) is 17.1 Å². The summed E-state index contributed by atoms with van der Waals surface area (Å²) in [5, 5.41) is 0.